The Hall–Kier alpha value is -1.33. The summed E-state index contributed by atoms with van der Waals surface area (Å²) in [7, 11) is 0. The molecule has 114 valence electrons. The molecular weight excluding hydrogens is 330 g/mol. The van der Waals surface area contributed by atoms with E-state index in [1.165, 1.54) is 5.56 Å². The lowest BCUT2D eigenvalue weighted by Crippen LogP contribution is -2.14. The molecule has 0 saturated heterocycles. The Kier molecular flexibility index (Phi) is 6.26. The molecule has 0 aliphatic rings. The van der Waals surface area contributed by atoms with Gasteiger partial charge in [0, 0.05) is 23.4 Å². The minimum Gasteiger partial charge on any atom is -0.492 e. The van der Waals surface area contributed by atoms with Crippen molar-refractivity contribution in [3.05, 3.63) is 46.5 Å². The topological polar surface area (TPSA) is 39.1 Å². The molecule has 0 radical (unpaired) electrons. The summed E-state index contributed by atoms with van der Waals surface area (Å²) in [6.45, 7) is 7.49. The fourth-order valence-electron chi connectivity index (χ4n) is 2.08. The number of halogens is 1. The van der Waals surface area contributed by atoms with Gasteiger partial charge in [-0.25, -0.2) is 4.98 Å². The number of imidazole rings is 1. The van der Waals surface area contributed by atoms with E-state index in [1.54, 1.807) is 0 Å². The number of nitrogens with zero attached hydrogens (tertiary/aromatic N) is 2. The molecule has 4 nitrogen and oxygen atoms in total. The number of hydrogen-bond donors (Lipinski definition) is 1. The molecule has 0 aliphatic carbocycles. The van der Waals surface area contributed by atoms with Gasteiger partial charge in [0.05, 0.1) is 6.54 Å². The predicted molar refractivity (Wildman–Crippen MR) is 88.6 cm³/mol. The van der Waals surface area contributed by atoms with Crippen molar-refractivity contribution in [2.45, 2.75) is 33.4 Å². The highest BCUT2D eigenvalue weighted by atomic mass is 79.9. The smallest absolute Gasteiger partial charge is 0.119 e. The second-order valence-electron chi connectivity index (χ2n) is 4.95. The first-order chi connectivity index (χ1) is 10.2. The van der Waals surface area contributed by atoms with Gasteiger partial charge < -0.3 is 14.6 Å². The van der Waals surface area contributed by atoms with Crippen LogP contribution in [-0.4, -0.2) is 22.7 Å². The maximum absolute atomic E-state index is 5.84. The van der Waals surface area contributed by atoms with E-state index >= 15 is 0 Å². The summed E-state index contributed by atoms with van der Waals surface area (Å²) >= 11 is 3.58. The Morgan fingerprint density at radius 1 is 1.38 bits per heavy atom. The van der Waals surface area contributed by atoms with Crippen LogP contribution in [0.2, 0.25) is 0 Å². The van der Waals surface area contributed by atoms with Gasteiger partial charge in [0.25, 0.3) is 0 Å². The average molecular weight is 352 g/mol. The van der Waals surface area contributed by atoms with Gasteiger partial charge in [-0.2, -0.15) is 0 Å². The lowest BCUT2D eigenvalue weighted by Gasteiger charge is -2.11. The van der Waals surface area contributed by atoms with E-state index in [0.29, 0.717) is 6.61 Å². The Bertz CT molecular complexity index is 568. The molecule has 1 aromatic heterocycles. The lowest BCUT2D eigenvalue weighted by atomic mass is 10.2. The molecule has 0 saturated carbocycles. The normalized spacial score (nSPS) is 10.8. The molecule has 1 heterocycles. The second-order valence-corrected chi connectivity index (χ2v) is 5.80. The van der Waals surface area contributed by atoms with E-state index in [-0.39, 0.29) is 0 Å². The van der Waals surface area contributed by atoms with Crippen LogP contribution in [0, 0.1) is 6.92 Å². The summed E-state index contributed by atoms with van der Waals surface area (Å²) in [6.07, 6.45) is 4.92. The molecular formula is C16H22BrN3O. The van der Waals surface area contributed by atoms with Crippen LogP contribution in [0.3, 0.4) is 0 Å². The number of aryl methyl sites for hydroxylation is 1. The largest absolute Gasteiger partial charge is 0.492 e. The van der Waals surface area contributed by atoms with Crippen LogP contribution in [0.4, 0.5) is 0 Å². The highest BCUT2D eigenvalue weighted by molar-refractivity contribution is 9.10. The van der Waals surface area contributed by atoms with Gasteiger partial charge in [0.1, 0.15) is 18.2 Å². The molecule has 0 amide bonds. The molecule has 1 aromatic carbocycles. The third kappa shape index (κ3) is 4.86. The summed E-state index contributed by atoms with van der Waals surface area (Å²) < 4.78 is 9.04. The summed E-state index contributed by atoms with van der Waals surface area (Å²) in [6, 6.07) is 6.13. The van der Waals surface area contributed by atoms with E-state index < -0.39 is 0 Å². The number of nitrogens with one attached hydrogen (secondary N) is 1. The van der Waals surface area contributed by atoms with Gasteiger partial charge in [-0.05, 0) is 43.7 Å². The number of hydrogen-bond acceptors (Lipinski definition) is 3. The monoisotopic (exact) mass is 351 g/mol. The zero-order valence-corrected chi connectivity index (χ0v) is 14.2. The van der Waals surface area contributed by atoms with Crippen molar-refractivity contribution in [3.8, 4) is 5.75 Å². The van der Waals surface area contributed by atoms with Crippen LogP contribution < -0.4 is 10.1 Å². The zero-order chi connectivity index (χ0) is 15.1. The minimum atomic E-state index is 0.640. The van der Waals surface area contributed by atoms with E-state index in [2.05, 4.69) is 43.8 Å². The molecule has 21 heavy (non-hydrogen) atoms. The number of ether oxygens (including phenoxy) is 1. The van der Waals surface area contributed by atoms with Gasteiger partial charge in [-0.1, -0.05) is 22.9 Å². The van der Waals surface area contributed by atoms with Crippen LogP contribution in [0.1, 0.15) is 24.7 Å². The number of benzene rings is 1. The van der Waals surface area contributed by atoms with Crippen molar-refractivity contribution in [1.29, 1.82) is 0 Å². The Balaban J connectivity index is 1.88. The standard InChI is InChI=1S/C16H22BrN3O/c1-3-6-18-12-14-11-15(4-5-16(14)17)21-10-9-20-8-7-19-13(20)2/h4-5,7-8,11,18H,3,6,9-10,12H2,1-2H3. The van der Waals surface area contributed by atoms with Crippen molar-refractivity contribution in [2.24, 2.45) is 0 Å². The van der Waals surface area contributed by atoms with Crippen LogP contribution >= 0.6 is 15.9 Å². The molecule has 0 spiro atoms. The van der Waals surface area contributed by atoms with Crippen LogP contribution in [0.5, 0.6) is 5.75 Å². The summed E-state index contributed by atoms with van der Waals surface area (Å²) in [5.74, 6) is 1.92. The summed E-state index contributed by atoms with van der Waals surface area (Å²) in [5, 5.41) is 3.41. The van der Waals surface area contributed by atoms with E-state index in [1.807, 2.05) is 31.5 Å². The molecule has 0 aliphatic heterocycles. The molecule has 0 unspecified atom stereocenters. The average Bonchev–Trinajstić information content (AvgIpc) is 2.88. The Labute approximate surface area is 134 Å². The van der Waals surface area contributed by atoms with Gasteiger partial charge in [-0.15, -0.1) is 0 Å². The molecule has 0 bridgehead atoms. The molecule has 2 aromatic rings. The SMILES string of the molecule is CCCNCc1cc(OCCn2ccnc2C)ccc1Br. The highest BCUT2D eigenvalue weighted by Crippen LogP contribution is 2.22. The number of rotatable bonds is 8. The third-order valence-corrected chi connectivity index (χ3v) is 4.06. The molecule has 0 atom stereocenters. The maximum atomic E-state index is 5.84. The molecule has 2 rings (SSSR count). The van der Waals surface area contributed by atoms with Gasteiger partial charge in [-0.3, -0.25) is 0 Å². The van der Waals surface area contributed by atoms with Gasteiger partial charge in [0.2, 0.25) is 0 Å². The minimum absolute atomic E-state index is 0.640. The lowest BCUT2D eigenvalue weighted by molar-refractivity contribution is 0.296. The quantitative estimate of drug-likeness (QED) is 0.739. The first kappa shape index (κ1) is 16.0. The van der Waals surface area contributed by atoms with Crippen LogP contribution in [-0.2, 0) is 13.1 Å². The third-order valence-electron chi connectivity index (χ3n) is 3.28. The molecule has 0 fully saturated rings. The first-order valence-corrected chi connectivity index (χ1v) is 8.09. The van der Waals surface area contributed by atoms with E-state index in [9.17, 15) is 0 Å². The Morgan fingerprint density at radius 2 is 2.24 bits per heavy atom. The van der Waals surface area contributed by atoms with Crippen molar-refractivity contribution in [2.75, 3.05) is 13.2 Å². The second kappa shape index (κ2) is 8.20. The van der Waals surface area contributed by atoms with E-state index in [4.69, 9.17) is 4.74 Å². The van der Waals surface area contributed by atoms with Crippen LogP contribution in [0.25, 0.3) is 0 Å². The van der Waals surface area contributed by atoms with Gasteiger partial charge >= 0.3 is 0 Å². The van der Waals surface area contributed by atoms with Gasteiger partial charge in [0.15, 0.2) is 0 Å². The molecule has 1 N–H and O–H groups in total. The summed E-state index contributed by atoms with van der Waals surface area (Å²) in [4.78, 5) is 4.20. The van der Waals surface area contributed by atoms with Crippen molar-refractivity contribution in [3.63, 3.8) is 0 Å². The Morgan fingerprint density at radius 3 is 2.95 bits per heavy atom. The highest BCUT2D eigenvalue weighted by Gasteiger charge is 2.03. The predicted octanol–water partition coefficient (Wildman–Crippen LogP) is 3.53. The van der Waals surface area contributed by atoms with Crippen LogP contribution in [0.15, 0.2) is 35.1 Å². The number of aromatic nitrogens is 2. The fourth-order valence-corrected chi connectivity index (χ4v) is 2.46. The molecule has 5 heteroatoms. The van der Waals surface area contributed by atoms with E-state index in [0.717, 1.165) is 42.1 Å². The van der Waals surface area contributed by atoms with Crippen molar-refractivity contribution < 1.29 is 4.74 Å². The fraction of sp³-hybridized carbons (Fsp3) is 0.438. The van der Waals surface area contributed by atoms with Crippen molar-refractivity contribution >= 4 is 15.9 Å². The maximum Gasteiger partial charge on any atom is 0.119 e. The first-order valence-electron chi connectivity index (χ1n) is 7.30. The van der Waals surface area contributed by atoms with Crippen molar-refractivity contribution in [1.82, 2.24) is 14.9 Å². The summed E-state index contributed by atoms with van der Waals surface area (Å²) in [5.41, 5.74) is 1.22. The zero-order valence-electron chi connectivity index (χ0n) is 12.6.